The van der Waals surface area contributed by atoms with Crippen LogP contribution in [0.3, 0.4) is 0 Å². The molecule has 0 aromatic heterocycles. The molecular weight excluding hydrogens is 346 g/mol. The first-order valence-corrected chi connectivity index (χ1v) is 8.87. The first kappa shape index (κ1) is 18.2. The van der Waals surface area contributed by atoms with Crippen LogP contribution in [-0.2, 0) is 13.2 Å². The molecule has 134 valence electrons. The molecule has 0 aliphatic carbocycles. The van der Waals surface area contributed by atoms with Crippen molar-refractivity contribution in [1.82, 2.24) is 0 Å². The zero-order chi connectivity index (χ0) is 18.4. The van der Waals surface area contributed by atoms with Crippen LogP contribution in [0, 0.1) is 6.92 Å². The lowest BCUT2D eigenvalue weighted by Crippen LogP contribution is -2.02. The van der Waals surface area contributed by atoms with E-state index in [9.17, 15) is 0 Å². The highest BCUT2D eigenvalue weighted by Gasteiger charge is 2.12. The van der Waals surface area contributed by atoms with E-state index in [4.69, 9.17) is 21.1 Å². The Kier molecular flexibility index (Phi) is 6.03. The molecular formula is C22H22ClNO2. The number of aryl methyl sites for hydroxylation is 1. The molecule has 0 bridgehead atoms. The number of para-hydroxylation sites is 1. The van der Waals surface area contributed by atoms with E-state index in [0.717, 1.165) is 16.8 Å². The third kappa shape index (κ3) is 4.70. The van der Waals surface area contributed by atoms with Gasteiger partial charge in [-0.1, -0.05) is 59.6 Å². The first-order valence-electron chi connectivity index (χ1n) is 8.49. The van der Waals surface area contributed by atoms with Crippen molar-refractivity contribution in [3.05, 3.63) is 88.4 Å². The Morgan fingerprint density at radius 3 is 2.35 bits per heavy atom. The summed E-state index contributed by atoms with van der Waals surface area (Å²) in [6.07, 6.45) is 0. The number of hydrogen-bond acceptors (Lipinski definition) is 3. The van der Waals surface area contributed by atoms with Gasteiger partial charge in [0.15, 0.2) is 11.5 Å². The number of benzene rings is 3. The summed E-state index contributed by atoms with van der Waals surface area (Å²) in [5.74, 6) is 1.20. The van der Waals surface area contributed by atoms with Crippen LogP contribution in [0.15, 0.2) is 66.7 Å². The third-order valence-electron chi connectivity index (χ3n) is 4.06. The molecule has 3 aromatic rings. The highest BCUT2D eigenvalue weighted by Crippen LogP contribution is 2.37. The molecule has 0 saturated carbocycles. The normalized spacial score (nSPS) is 10.4. The largest absolute Gasteiger partial charge is 0.493 e. The molecule has 1 N–H and O–H groups in total. The van der Waals surface area contributed by atoms with Gasteiger partial charge in [0, 0.05) is 12.2 Å². The van der Waals surface area contributed by atoms with Crippen molar-refractivity contribution in [2.45, 2.75) is 20.1 Å². The van der Waals surface area contributed by atoms with Gasteiger partial charge >= 0.3 is 0 Å². The molecule has 0 spiro atoms. The second-order valence-electron chi connectivity index (χ2n) is 6.10. The molecule has 0 aliphatic heterocycles. The van der Waals surface area contributed by atoms with Crippen molar-refractivity contribution in [3.63, 3.8) is 0 Å². The molecule has 0 heterocycles. The number of halogens is 1. The van der Waals surface area contributed by atoms with E-state index in [-0.39, 0.29) is 0 Å². The standard InChI is InChI=1S/C22H22ClNO2/c1-16-8-10-17(11-9-16)15-26-22-20(23)12-18(13-21(22)25-2)14-24-19-6-4-3-5-7-19/h3-13,24H,14-15H2,1-2H3. The molecule has 26 heavy (non-hydrogen) atoms. The van der Waals surface area contributed by atoms with Gasteiger partial charge in [0.25, 0.3) is 0 Å². The molecule has 3 nitrogen and oxygen atoms in total. The van der Waals surface area contributed by atoms with Crippen LogP contribution in [0.1, 0.15) is 16.7 Å². The van der Waals surface area contributed by atoms with Crippen LogP contribution < -0.4 is 14.8 Å². The molecule has 0 amide bonds. The summed E-state index contributed by atoms with van der Waals surface area (Å²) < 4.78 is 11.4. The fourth-order valence-electron chi connectivity index (χ4n) is 2.62. The number of hydrogen-bond donors (Lipinski definition) is 1. The van der Waals surface area contributed by atoms with Crippen molar-refractivity contribution in [2.75, 3.05) is 12.4 Å². The Morgan fingerprint density at radius 1 is 0.923 bits per heavy atom. The molecule has 3 aromatic carbocycles. The summed E-state index contributed by atoms with van der Waals surface area (Å²) in [6.45, 7) is 3.16. The Morgan fingerprint density at radius 2 is 1.65 bits per heavy atom. The van der Waals surface area contributed by atoms with E-state index in [1.54, 1.807) is 7.11 Å². The van der Waals surface area contributed by atoms with E-state index in [1.807, 2.05) is 54.6 Å². The van der Waals surface area contributed by atoms with Crippen molar-refractivity contribution >= 4 is 17.3 Å². The van der Waals surface area contributed by atoms with Crippen LogP contribution >= 0.6 is 11.6 Å². The Labute approximate surface area is 159 Å². The Balaban J connectivity index is 1.71. The summed E-state index contributed by atoms with van der Waals surface area (Å²) in [4.78, 5) is 0. The van der Waals surface area contributed by atoms with Gasteiger partial charge in [0.05, 0.1) is 12.1 Å². The SMILES string of the molecule is COc1cc(CNc2ccccc2)cc(Cl)c1OCc1ccc(C)cc1. The Hall–Kier alpha value is -2.65. The molecule has 0 unspecified atom stereocenters. The highest BCUT2D eigenvalue weighted by atomic mass is 35.5. The van der Waals surface area contributed by atoms with Crippen LogP contribution in [0.2, 0.25) is 5.02 Å². The van der Waals surface area contributed by atoms with Crippen LogP contribution in [0.25, 0.3) is 0 Å². The van der Waals surface area contributed by atoms with Crippen LogP contribution in [0.5, 0.6) is 11.5 Å². The smallest absolute Gasteiger partial charge is 0.180 e. The van der Waals surface area contributed by atoms with Gasteiger partial charge < -0.3 is 14.8 Å². The molecule has 0 saturated heterocycles. The zero-order valence-corrected chi connectivity index (χ0v) is 15.7. The van der Waals surface area contributed by atoms with E-state index in [0.29, 0.717) is 29.7 Å². The molecule has 4 heteroatoms. The summed E-state index contributed by atoms with van der Waals surface area (Å²) in [7, 11) is 1.62. The number of rotatable bonds is 7. The van der Waals surface area contributed by atoms with Gasteiger partial charge in [-0.25, -0.2) is 0 Å². The lowest BCUT2D eigenvalue weighted by Gasteiger charge is -2.15. The van der Waals surface area contributed by atoms with Crippen LogP contribution in [-0.4, -0.2) is 7.11 Å². The molecule has 0 radical (unpaired) electrons. The lowest BCUT2D eigenvalue weighted by atomic mass is 10.1. The predicted molar refractivity (Wildman–Crippen MR) is 107 cm³/mol. The first-order chi connectivity index (χ1) is 12.7. The van der Waals surface area contributed by atoms with Gasteiger partial charge in [-0.05, 0) is 42.3 Å². The van der Waals surface area contributed by atoms with Crippen molar-refractivity contribution < 1.29 is 9.47 Å². The summed E-state index contributed by atoms with van der Waals surface area (Å²) in [6, 6.07) is 22.1. The summed E-state index contributed by atoms with van der Waals surface area (Å²) in [5, 5.41) is 3.91. The maximum absolute atomic E-state index is 6.45. The van der Waals surface area contributed by atoms with Gasteiger partial charge in [-0.3, -0.25) is 0 Å². The second-order valence-corrected chi connectivity index (χ2v) is 6.51. The minimum Gasteiger partial charge on any atom is -0.493 e. The highest BCUT2D eigenvalue weighted by molar-refractivity contribution is 6.32. The minimum atomic E-state index is 0.442. The fraction of sp³-hybridized carbons (Fsp3) is 0.182. The predicted octanol–water partition coefficient (Wildman–Crippen LogP) is 5.85. The maximum atomic E-state index is 6.45. The van der Waals surface area contributed by atoms with E-state index in [2.05, 4.69) is 24.4 Å². The fourth-order valence-corrected chi connectivity index (χ4v) is 2.90. The molecule has 3 rings (SSSR count). The van der Waals surface area contributed by atoms with Gasteiger partial charge in [0.2, 0.25) is 0 Å². The van der Waals surface area contributed by atoms with E-state index < -0.39 is 0 Å². The minimum absolute atomic E-state index is 0.442. The molecule has 0 aliphatic rings. The average Bonchev–Trinajstić information content (AvgIpc) is 2.67. The van der Waals surface area contributed by atoms with Crippen molar-refractivity contribution in [2.24, 2.45) is 0 Å². The van der Waals surface area contributed by atoms with Gasteiger partial charge in [-0.15, -0.1) is 0 Å². The quantitative estimate of drug-likeness (QED) is 0.568. The monoisotopic (exact) mass is 367 g/mol. The number of anilines is 1. The second kappa shape index (κ2) is 8.63. The lowest BCUT2D eigenvalue weighted by molar-refractivity contribution is 0.284. The third-order valence-corrected chi connectivity index (χ3v) is 4.34. The number of nitrogens with one attached hydrogen (secondary N) is 1. The molecule has 0 atom stereocenters. The van der Waals surface area contributed by atoms with Crippen LogP contribution in [0.4, 0.5) is 5.69 Å². The molecule has 0 fully saturated rings. The van der Waals surface area contributed by atoms with Gasteiger partial charge in [-0.2, -0.15) is 0 Å². The van der Waals surface area contributed by atoms with E-state index >= 15 is 0 Å². The maximum Gasteiger partial charge on any atom is 0.180 e. The Bertz CT molecular complexity index is 848. The van der Waals surface area contributed by atoms with E-state index in [1.165, 1.54) is 5.56 Å². The number of methoxy groups -OCH3 is 1. The summed E-state index contributed by atoms with van der Waals surface area (Å²) in [5.41, 5.74) is 4.39. The number of ether oxygens (including phenoxy) is 2. The van der Waals surface area contributed by atoms with Crippen molar-refractivity contribution in [1.29, 1.82) is 0 Å². The van der Waals surface area contributed by atoms with Crippen molar-refractivity contribution in [3.8, 4) is 11.5 Å². The zero-order valence-electron chi connectivity index (χ0n) is 15.0. The van der Waals surface area contributed by atoms with Gasteiger partial charge in [0.1, 0.15) is 6.61 Å². The average molecular weight is 368 g/mol. The topological polar surface area (TPSA) is 30.5 Å². The summed E-state index contributed by atoms with van der Waals surface area (Å²) >= 11 is 6.45.